The number of methoxy groups -OCH3 is 1. The zero-order chi connectivity index (χ0) is 21.8. The predicted molar refractivity (Wildman–Crippen MR) is 116 cm³/mol. The molecule has 0 spiro atoms. The highest BCUT2D eigenvalue weighted by Gasteiger charge is 2.29. The highest BCUT2D eigenvalue weighted by molar-refractivity contribution is 7.89. The number of anilines is 3. The molecule has 0 atom stereocenters. The van der Waals surface area contributed by atoms with Crippen molar-refractivity contribution in [2.75, 3.05) is 43.5 Å². The minimum Gasteiger partial charge on any atom is -0.497 e. The third-order valence-corrected chi connectivity index (χ3v) is 6.81. The fourth-order valence-corrected chi connectivity index (χ4v) is 4.72. The van der Waals surface area contributed by atoms with Gasteiger partial charge < -0.3 is 15.0 Å². The molecule has 1 aliphatic heterocycles. The van der Waals surface area contributed by atoms with E-state index >= 15 is 0 Å². The van der Waals surface area contributed by atoms with Gasteiger partial charge in [-0.05, 0) is 31.2 Å². The molecule has 1 N–H and O–H groups in total. The third kappa shape index (κ3) is 4.72. The van der Waals surface area contributed by atoms with Crippen LogP contribution in [-0.2, 0) is 10.0 Å². The van der Waals surface area contributed by atoms with E-state index in [1.165, 1.54) is 10.6 Å². The number of nitrogens with zero attached hydrogens (tertiary/aromatic N) is 6. The lowest BCUT2D eigenvalue weighted by Gasteiger charge is -2.34. The van der Waals surface area contributed by atoms with Gasteiger partial charge in [0.25, 0.3) is 0 Å². The van der Waals surface area contributed by atoms with Gasteiger partial charge in [0, 0.05) is 37.9 Å². The maximum atomic E-state index is 13.0. The number of hydrogen-bond donors (Lipinski definition) is 1. The first-order chi connectivity index (χ1) is 15.0. The van der Waals surface area contributed by atoms with Gasteiger partial charge in [0.05, 0.1) is 30.1 Å². The van der Waals surface area contributed by atoms with E-state index in [9.17, 15) is 8.42 Å². The molecule has 1 saturated heterocycles. The summed E-state index contributed by atoms with van der Waals surface area (Å²) in [5.74, 6) is 1.80. The van der Waals surface area contributed by atoms with Crippen LogP contribution in [0.1, 0.15) is 5.69 Å². The van der Waals surface area contributed by atoms with Crippen LogP contribution in [-0.4, -0.2) is 65.9 Å². The van der Waals surface area contributed by atoms with E-state index in [-0.39, 0.29) is 4.90 Å². The molecule has 0 radical (unpaired) electrons. The van der Waals surface area contributed by atoms with E-state index in [0.29, 0.717) is 43.7 Å². The summed E-state index contributed by atoms with van der Waals surface area (Å²) >= 11 is 0. The van der Waals surface area contributed by atoms with E-state index in [1.54, 1.807) is 43.8 Å². The summed E-state index contributed by atoms with van der Waals surface area (Å²) in [4.78, 5) is 19.3. The van der Waals surface area contributed by atoms with Crippen molar-refractivity contribution in [2.24, 2.45) is 0 Å². The SMILES string of the molecule is COc1ccc(S(=O)(=O)N2CCN(c3nc(C)cc(Nc4cncnc4)n3)CC2)cc1. The normalized spacial score (nSPS) is 15.0. The Hall–Kier alpha value is -3.31. The number of hydrogen-bond acceptors (Lipinski definition) is 9. The number of nitrogens with one attached hydrogen (secondary N) is 1. The van der Waals surface area contributed by atoms with Gasteiger partial charge in [-0.1, -0.05) is 0 Å². The van der Waals surface area contributed by atoms with Crippen molar-refractivity contribution in [3.63, 3.8) is 0 Å². The van der Waals surface area contributed by atoms with Gasteiger partial charge in [-0.15, -0.1) is 0 Å². The lowest BCUT2D eigenvalue weighted by atomic mass is 10.3. The molecular weight excluding hydrogens is 418 g/mol. The van der Waals surface area contributed by atoms with Crippen molar-refractivity contribution in [2.45, 2.75) is 11.8 Å². The molecule has 162 valence electrons. The molecule has 4 rings (SSSR count). The smallest absolute Gasteiger partial charge is 0.243 e. The summed E-state index contributed by atoms with van der Waals surface area (Å²) in [6.07, 6.45) is 4.78. The number of sulfonamides is 1. The van der Waals surface area contributed by atoms with Gasteiger partial charge in [-0.2, -0.15) is 9.29 Å². The molecular formula is C20H23N7O3S. The number of piperazine rings is 1. The zero-order valence-electron chi connectivity index (χ0n) is 17.3. The van der Waals surface area contributed by atoms with Crippen LogP contribution in [0.25, 0.3) is 0 Å². The van der Waals surface area contributed by atoms with Gasteiger partial charge in [-0.25, -0.2) is 23.4 Å². The van der Waals surface area contributed by atoms with Crippen molar-refractivity contribution in [3.8, 4) is 5.75 Å². The minimum absolute atomic E-state index is 0.255. The monoisotopic (exact) mass is 441 g/mol. The molecule has 31 heavy (non-hydrogen) atoms. The van der Waals surface area contributed by atoms with Crippen LogP contribution in [0.15, 0.2) is 53.9 Å². The Morgan fingerprint density at radius 3 is 2.32 bits per heavy atom. The highest BCUT2D eigenvalue weighted by atomic mass is 32.2. The quantitative estimate of drug-likeness (QED) is 0.612. The second-order valence-corrected chi connectivity index (χ2v) is 8.95. The summed E-state index contributed by atoms with van der Waals surface area (Å²) in [6.45, 7) is 3.57. The molecule has 0 aliphatic carbocycles. The average Bonchev–Trinajstić information content (AvgIpc) is 2.79. The van der Waals surface area contributed by atoms with Crippen LogP contribution in [0.3, 0.4) is 0 Å². The second kappa shape index (κ2) is 8.82. The average molecular weight is 442 g/mol. The standard InChI is InChI=1S/C20H23N7O3S/c1-15-11-19(24-16-12-21-14-22-13-16)25-20(23-15)26-7-9-27(10-8-26)31(28,29)18-5-3-17(30-2)4-6-18/h3-6,11-14H,7-10H2,1-2H3,(H,23,24,25). The Bertz CT molecular complexity index is 1130. The lowest BCUT2D eigenvalue weighted by Crippen LogP contribution is -2.49. The topological polar surface area (TPSA) is 113 Å². The first kappa shape index (κ1) is 20.9. The Labute approximate surface area is 181 Å². The zero-order valence-corrected chi connectivity index (χ0v) is 18.1. The van der Waals surface area contributed by atoms with Crippen LogP contribution in [0, 0.1) is 6.92 Å². The maximum absolute atomic E-state index is 13.0. The van der Waals surface area contributed by atoms with E-state index in [0.717, 1.165) is 11.4 Å². The number of ether oxygens (including phenoxy) is 1. The van der Waals surface area contributed by atoms with Crippen molar-refractivity contribution in [3.05, 3.63) is 54.7 Å². The van der Waals surface area contributed by atoms with Gasteiger partial charge in [0.2, 0.25) is 16.0 Å². The van der Waals surface area contributed by atoms with Gasteiger partial charge in [0.15, 0.2) is 0 Å². The molecule has 0 unspecified atom stereocenters. The highest BCUT2D eigenvalue weighted by Crippen LogP contribution is 2.23. The van der Waals surface area contributed by atoms with Crippen LogP contribution < -0.4 is 15.0 Å². The number of rotatable bonds is 6. The first-order valence-electron chi connectivity index (χ1n) is 9.72. The summed E-state index contributed by atoms with van der Waals surface area (Å²) in [6, 6.07) is 8.26. The van der Waals surface area contributed by atoms with Crippen LogP contribution in [0.5, 0.6) is 5.75 Å². The number of benzene rings is 1. The molecule has 11 heteroatoms. The van der Waals surface area contributed by atoms with Crippen molar-refractivity contribution < 1.29 is 13.2 Å². The summed E-state index contributed by atoms with van der Waals surface area (Å²) < 4.78 is 32.5. The van der Waals surface area contributed by atoms with Crippen LogP contribution in [0.4, 0.5) is 17.5 Å². The van der Waals surface area contributed by atoms with Crippen LogP contribution >= 0.6 is 0 Å². The van der Waals surface area contributed by atoms with Crippen molar-refractivity contribution >= 4 is 27.5 Å². The molecule has 0 saturated carbocycles. The number of aryl methyl sites for hydroxylation is 1. The van der Waals surface area contributed by atoms with Gasteiger partial charge >= 0.3 is 0 Å². The fraction of sp³-hybridized carbons (Fsp3) is 0.300. The summed E-state index contributed by atoms with van der Waals surface area (Å²) in [7, 11) is -2.02. The van der Waals surface area contributed by atoms with Crippen molar-refractivity contribution in [1.82, 2.24) is 24.2 Å². The summed E-state index contributed by atoms with van der Waals surface area (Å²) in [5.41, 5.74) is 1.53. The van der Waals surface area contributed by atoms with E-state index in [1.807, 2.05) is 17.9 Å². The Balaban J connectivity index is 1.45. The Kier molecular flexibility index (Phi) is 5.96. The lowest BCUT2D eigenvalue weighted by molar-refractivity contribution is 0.382. The summed E-state index contributed by atoms with van der Waals surface area (Å²) in [5, 5.41) is 3.17. The largest absolute Gasteiger partial charge is 0.497 e. The molecule has 3 heterocycles. The molecule has 1 aromatic carbocycles. The Morgan fingerprint density at radius 1 is 1.00 bits per heavy atom. The molecule has 1 aliphatic rings. The molecule has 2 aromatic heterocycles. The first-order valence-corrected chi connectivity index (χ1v) is 11.2. The third-order valence-electron chi connectivity index (χ3n) is 4.89. The second-order valence-electron chi connectivity index (χ2n) is 7.01. The van der Waals surface area contributed by atoms with Gasteiger partial charge in [-0.3, -0.25) is 0 Å². The van der Waals surface area contributed by atoms with Crippen molar-refractivity contribution in [1.29, 1.82) is 0 Å². The molecule has 0 bridgehead atoms. The Morgan fingerprint density at radius 2 is 1.68 bits per heavy atom. The minimum atomic E-state index is -3.57. The van der Waals surface area contributed by atoms with E-state index < -0.39 is 10.0 Å². The maximum Gasteiger partial charge on any atom is 0.243 e. The van der Waals surface area contributed by atoms with Crippen LogP contribution in [0.2, 0.25) is 0 Å². The molecule has 1 fully saturated rings. The molecule has 0 amide bonds. The van der Waals surface area contributed by atoms with E-state index in [4.69, 9.17) is 4.74 Å². The molecule has 3 aromatic rings. The van der Waals surface area contributed by atoms with E-state index in [2.05, 4.69) is 25.3 Å². The molecule has 10 nitrogen and oxygen atoms in total. The fourth-order valence-electron chi connectivity index (χ4n) is 3.30. The van der Waals surface area contributed by atoms with Gasteiger partial charge in [0.1, 0.15) is 17.9 Å². The predicted octanol–water partition coefficient (Wildman–Crippen LogP) is 1.84. The number of aromatic nitrogens is 4.